The van der Waals surface area contributed by atoms with Gasteiger partial charge in [0.1, 0.15) is 0 Å². The van der Waals surface area contributed by atoms with Gasteiger partial charge in [-0.3, -0.25) is 0 Å². The summed E-state index contributed by atoms with van der Waals surface area (Å²) in [4.78, 5) is 0. The quantitative estimate of drug-likeness (QED) is 0.514. The second-order valence-corrected chi connectivity index (χ2v) is 1.54. The Labute approximate surface area is 50.9 Å². The van der Waals surface area contributed by atoms with Crippen molar-refractivity contribution in [1.82, 2.24) is 0 Å². The first-order valence-electron chi connectivity index (χ1n) is 3.01. The molecule has 1 rings (SSSR count). The van der Waals surface area contributed by atoms with Crippen LogP contribution in [0.2, 0.25) is 0 Å². The van der Waals surface area contributed by atoms with E-state index in [1.54, 1.807) is 0 Å². The van der Waals surface area contributed by atoms with E-state index in [4.69, 9.17) is 1.37 Å². The Balaban J connectivity index is 2.98. The van der Waals surface area contributed by atoms with Crippen molar-refractivity contribution in [3.63, 3.8) is 0 Å². The van der Waals surface area contributed by atoms with Gasteiger partial charge in [0.15, 0.2) is 0 Å². The number of rotatable bonds is 1. The molecular weight excluding hydrogens is 96.1 g/mol. The molecule has 0 N–H and O–H groups in total. The van der Waals surface area contributed by atoms with E-state index in [-0.39, 0.29) is 0 Å². The molecular formula is C8H8. The van der Waals surface area contributed by atoms with Gasteiger partial charge < -0.3 is 0 Å². The second kappa shape index (κ2) is 2.31. The summed E-state index contributed by atoms with van der Waals surface area (Å²) in [7, 11) is 0. The first kappa shape index (κ1) is 3.90. The fourth-order valence-electron chi connectivity index (χ4n) is 0.556. The van der Waals surface area contributed by atoms with Crippen molar-refractivity contribution in [2.45, 2.75) is 0 Å². The molecule has 0 saturated carbocycles. The van der Waals surface area contributed by atoms with Crippen LogP contribution in [0.1, 0.15) is 6.93 Å². The minimum atomic E-state index is 0.371. The van der Waals surface area contributed by atoms with Gasteiger partial charge in [-0.15, -0.1) is 0 Å². The Morgan fingerprint density at radius 1 is 1.38 bits per heavy atom. The van der Waals surface area contributed by atoms with Crippen LogP contribution in [-0.2, 0) is 0 Å². The molecule has 0 nitrogen and oxygen atoms in total. The fraction of sp³-hybridized carbons (Fsp3) is 0. The molecule has 1 aromatic carbocycles. The van der Waals surface area contributed by atoms with Crippen molar-refractivity contribution in [2.75, 3.05) is 0 Å². The molecule has 0 aromatic heterocycles. The molecule has 0 fully saturated rings. The average Bonchev–Trinajstić information content (AvgIpc) is 1.90. The lowest BCUT2D eigenvalue weighted by atomic mass is 10.2. The zero-order chi connectivity index (χ0) is 6.69. The van der Waals surface area contributed by atoms with Gasteiger partial charge in [0, 0.05) is 0 Å². The van der Waals surface area contributed by atoms with Crippen LogP contribution >= 0.6 is 0 Å². The molecule has 0 radical (unpaired) electrons. The van der Waals surface area contributed by atoms with Gasteiger partial charge in [0.05, 0.1) is 1.37 Å². The van der Waals surface area contributed by atoms with E-state index in [0.717, 1.165) is 5.56 Å². The Morgan fingerprint density at radius 2 is 2.00 bits per heavy atom. The smallest absolute Gasteiger partial charge is 0.0623 e. The van der Waals surface area contributed by atoms with Gasteiger partial charge >= 0.3 is 0 Å². The SMILES string of the molecule is [2H]C(=C)c1ccccc1. The molecule has 0 amide bonds. The van der Waals surface area contributed by atoms with E-state index >= 15 is 0 Å². The lowest BCUT2D eigenvalue weighted by Gasteiger charge is -1.85. The first-order chi connectivity index (χ1) is 4.30. The highest BCUT2D eigenvalue weighted by molar-refractivity contribution is 5.45. The van der Waals surface area contributed by atoms with Crippen molar-refractivity contribution >= 4 is 6.05 Å². The van der Waals surface area contributed by atoms with Crippen LogP contribution in [-0.4, -0.2) is 0 Å². The Morgan fingerprint density at radius 3 is 2.38 bits per heavy atom. The van der Waals surface area contributed by atoms with E-state index in [9.17, 15) is 0 Å². The van der Waals surface area contributed by atoms with Crippen LogP contribution in [0.25, 0.3) is 6.05 Å². The molecule has 0 heterocycles. The predicted molar refractivity (Wildman–Crippen MR) is 36.5 cm³/mol. The maximum absolute atomic E-state index is 7.12. The lowest BCUT2D eigenvalue weighted by molar-refractivity contribution is 1.67. The third kappa shape index (κ3) is 0.969. The topological polar surface area (TPSA) is 0 Å². The summed E-state index contributed by atoms with van der Waals surface area (Å²) < 4.78 is 7.12. The summed E-state index contributed by atoms with van der Waals surface area (Å²) in [5.74, 6) is 0. The van der Waals surface area contributed by atoms with E-state index in [1.807, 2.05) is 30.3 Å². The molecule has 0 bridgehead atoms. The molecule has 1 aromatic rings. The minimum Gasteiger partial charge on any atom is -0.0985 e. The van der Waals surface area contributed by atoms with Crippen molar-refractivity contribution in [3.8, 4) is 0 Å². The standard InChI is InChI=1S/C8H8/c1-2-8-6-4-3-5-7-8/h2-7H,1H2/i2D. The van der Waals surface area contributed by atoms with Crippen molar-refractivity contribution in [3.05, 3.63) is 42.5 Å². The zero-order valence-electron chi connectivity index (χ0n) is 5.59. The van der Waals surface area contributed by atoms with Gasteiger partial charge in [-0.2, -0.15) is 0 Å². The number of benzene rings is 1. The maximum Gasteiger partial charge on any atom is 0.0623 e. The number of hydrogen-bond donors (Lipinski definition) is 0. The zero-order valence-corrected chi connectivity index (χ0v) is 4.59. The monoisotopic (exact) mass is 105 g/mol. The van der Waals surface area contributed by atoms with Gasteiger partial charge in [-0.1, -0.05) is 43.0 Å². The Hall–Kier alpha value is -1.04. The molecule has 0 unspecified atom stereocenters. The van der Waals surface area contributed by atoms with Crippen LogP contribution in [0.5, 0.6) is 0 Å². The normalized spacial score (nSPS) is 10.2. The lowest BCUT2D eigenvalue weighted by Crippen LogP contribution is -1.63. The summed E-state index contributed by atoms with van der Waals surface area (Å²) in [6.07, 6.45) is 0. The second-order valence-electron chi connectivity index (χ2n) is 1.54. The van der Waals surface area contributed by atoms with E-state index in [0.29, 0.717) is 6.05 Å². The average molecular weight is 105 g/mol. The van der Waals surface area contributed by atoms with Crippen LogP contribution < -0.4 is 0 Å². The highest BCUT2D eigenvalue weighted by Gasteiger charge is 1.75. The molecule has 0 atom stereocenters. The minimum absolute atomic E-state index is 0.371. The van der Waals surface area contributed by atoms with Crippen molar-refractivity contribution < 1.29 is 1.37 Å². The van der Waals surface area contributed by atoms with E-state index < -0.39 is 0 Å². The van der Waals surface area contributed by atoms with Crippen molar-refractivity contribution in [2.24, 2.45) is 0 Å². The third-order valence-corrected chi connectivity index (χ3v) is 0.978. The molecule has 40 valence electrons. The largest absolute Gasteiger partial charge is 0.0985 e. The van der Waals surface area contributed by atoms with E-state index in [1.165, 1.54) is 0 Å². The van der Waals surface area contributed by atoms with Gasteiger partial charge in [-0.25, -0.2) is 0 Å². The highest BCUT2D eigenvalue weighted by Crippen LogP contribution is 1.97. The summed E-state index contributed by atoms with van der Waals surface area (Å²) in [6, 6.07) is 9.83. The molecule has 0 spiro atoms. The van der Waals surface area contributed by atoms with Gasteiger partial charge in [0.2, 0.25) is 0 Å². The molecule has 0 heteroatoms. The summed E-state index contributed by atoms with van der Waals surface area (Å²) in [6.45, 7) is 3.49. The van der Waals surface area contributed by atoms with E-state index in [2.05, 4.69) is 6.58 Å². The third-order valence-electron chi connectivity index (χ3n) is 0.978. The molecule has 8 heavy (non-hydrogen) atoms. The highest BCUT2D eigenvalue weighted by atomic mass is 13.8. The van der Waals surface area contributed by atoms with Crippen LogP contribution in [0.3, 0.4) is 0 Å². The van der Waals surface area contributed by atoms with Crippen molar-refractivity contribution in [1.29, 1.82) is 0 Å². The van der Waals surface area contributed by atoms with Gasteiger partial charge in [0.25, 0.3) is 0 Å². The molecule has 0 aliphatic carbocycles. The Kier molecular flexibility index (Phi) is 1.13. The molecule has 0 aliphatic rings. The number of hydrogen-bond acceptors (Lipinski definition) is 0. The Bertz CT molecular complexity index is 201. The van der Waals surface area contributed by atoms with Crippen LogP contribution in [0.15, 0.2) is 36.9 Å². The summed E-state index contributed by atoms with van der Waals surface area (Å²) in [5, 5.41) is 0. The fourth-order valence-corrected chi connectivity index (χ4v) is 0.556. The predicted octanol–water partition coefficient (Wildman–Crippen LogP) is 2.33. The first-order valence-corrected chi connectivity index (χ1v) is 2.51. The molecule has 0 aliphatic heterocycles. The van der Waals surface area contributed by atoms with Crippen LogP contribution in [0.4, 0.5) is 0 Å². The molecule has 0 saturated heterocycles. The van der Waals surface area contributed by atoms with Crippen LogP contribution in [0, 0.1) is 0 Å². The van der Waals surface area contributed by atoms with Gasteiger partial charge in [-0.05, 0) is 5.56 Å². The maximum atomic E-state index is 7.12. The summed E-state index contributed by atoms with van der Waals surface area (Å²) in [5.41, 5.74) is 0.887. The summed E-state index contributed by atoms with van der Waals surface area (Å²) >= 11 is 0.